The van der Waals surface area contributed by atoms with Crippen LogP contribution in [0.15, 0.2) is 18.2 Å². The topological polar surface area (TPSA) is 65.1 Å². The number of hydrogen-bond acceptors (Lipinski definition) is 5. The second-order valence-electron chi connectivity index (χ2n) is 7.57. The lowest BCUT2D eigenvalue weighted by molar-refractivity contribution is -0.150. The number of likely N-dealkylation sites (tertiary alicyclic amines) is 1. The summed E-state index contributed by atoms with van der Waals surface area (Å²) in [6.45, 7) is 7.89. The zero-order valence-corrected chi connectivity index (χ0v) is 16.6. The van der Waals surface area contributed by atoms with E-state index in [2.05, 4.69) is 0 Å². The Morgan fingerprint density at radius 3 is 2.56 bits per heavy atom. The van der Waals surface area contributed by atoms with Gasteiger partial charge < -0.3 is 19.1 Å². The van der Waals surface area contributed by atoms with Gasteiger partial charge in [0.05, 0.1) is 19.6 Å². The number of halogens is 1. The molecule has 0 N–H and O–H groups in total. The van der Waals surface area contributed by atoms with E-state index in [9.17, 15) is 14.0 Å². The van der Waals surface area contributed by atoms with Gasteiger partial charge >= 0.3 is 12.1 Å². The standard InChI is InChI=1S/C20H28FNO5/c1-6-26-18(23)15-9-10-22(19(24)27-20(2,3)4)12-16(15)14-8-7-13(25-5)11-17(14)21/h7-8,11,15-16H,6,9-10,12H2,1-5H3. The third kappa shape index (κ3) is 5.34. The van der Waals surface area contributed by atoms with Crippen molar-refractivity contribution < 1.29 is 28.2 Å². The molecule has 0 radical (unpaired) electrons. The molecule has 0 aromatic heterocycles. The minimum absolute atomic E-state index is 0.182. The molecule has 1 saturated heterocycles. The fourth-order valence-electron chi connectivity index (χ4n) is 3.23. The molecule has 6 nitrogen and oxygen atoms in total. The van der Waals surface area contributed by atoms with Gasteiger partial charge in [0.2, 0.25) is 0 Å². The van der Waals surface area contributed by atoms with Gasteiger partial charge in [0.15, 0.2) is 0 Å². The molecule has 2 atom stereocenters. The van der Waals surface area contributed by atoms with E-state index in [0.717, 1.165) is 0 Å². The van der Waals surface area contributed by atoms with Crippen LogP contribution in [-0.4, -0.2) is 49.4 Å². The molecule has 7 heteroatoms. The molecule has 1 amide bonds. The molecule has 2 rings (SSSR count). The van der Waals surface area contributed by atoms with Crippen molar-refractivity contribution in [1.29, 1.82) is 0 Å². The summed E-state index contributed by atoms with van der Waals surface area (Å²) in [5.74, 6) is -1.49. The number of ether oxygens (including phenoxy) is 3. The maximum Gasteiger partial charge on any atom is 0.410 e. The van der Waals surface area contributed by atoms with Gasteiger partial charge in [-0.25, -0.2) is 9.18 Å². The van der Waals surface area contributed by atoms with Crippen LogP contribution >= 0.6 is 0 Å². The molecule has 2 unspecified atom stereocenters. The summed E-state index contributed by atoms with van der Waals surface area (Å²) < 4.78 is 30.3. The first-order chi connectivity index (χ1) is 12.7. The molecule has 27 heavy (non-hydrogen) atoms. The normalized spacial score (nSPS) is 20.1. The van der Waals surface area contributed by atoms with Gasteiger partial charge in [-0.3, -0.25) is 4.79 Å². The average molecular weight is 381 g/mol. The van der Waals surface area contributed by atoms with Gasteiger partial charge in [0.25, 0.3) is 0 Å². The van der Waals surface area contributed by atoms with Gasteiger partial charge in [0.1, 0.15) is 17.2 Å². The van der Waals surface area contributed by atoms with E-state index in [0.29, 0.717) is 24.3 Å². The first kappa shape index (κ1) is 21.0. The third-order valence-corrected chi connectivity index (χ3v) is 4.46. The number of carbonyl (C=O) groups excluding carboxylic acids is 2. The molecule has 0 saturated carbocycles. The van der Waals surface area contributed by atoms with Crippen molar-refractivity contribution in [3.05, 3.63) is 29.6 Å². The van der Waals surface area contributed by atoms with Crippen molar-refractivity contribution in [3.63, 3.8) is 0 Å². The van der Waals surface area contributed by atoms with Crippen molar-refractivity contribution in [1.82, 2.24) is 4.90 Å². The largest absolute Gasteiger partial charge is 0.497 e. The summed E-state index contributed by atoms with van der Waals surface area (Å²) in [6.07, 6.45) is -0.0856. The number of piperidine rings is 1. The highest BCUT2D eigenvalue weighted by atomic mass is 19.1. The first-order valence-electron chi connectivity index (χ1n) is 9.14. The van der Waals surface area contributed by atoms with E-state index < -0.39 is 29.3 Å². The predicted octanol–water partition coefficient (Wildman–Crippen LogP) is 3.74. The maximum absolute atomic E-state index is 14.7. The van der Waals surface area contributed by atoms with E-state index >= 15 is 0 Å². The molecule has 1 aromatic carbocycles. The van der Waals surface area contributed by atoms with Crippen LogP contribution in [0.1, 0.15) is 45.6 Å². The quantitative estimate of drug-likeness (QED) is 0.744. The lowest BCUT2D eigenvalue weighted by atomic mass is 9.80. The van der Waals surface area contributed by atoms with Gasteiger partial charge in [0, 0.05) is 25.1 Å². The van der Waals surface area contributed by atoms with Crippen molar-refractivity contribution in [2.75, 3.05) is 26.8 Å². The highest BCUT2D eigenvalue weighted by Crippen LogP contribution is 2.36. The summed E-state index contributed by atoms with van der Waals surface area (Å²) >= 11 is 0. The molecule has 0 bridgehead atoms. The minimum atomic E-state index is -0.629. The number of hydrogen-bond donors (Lipinski definition) is 0. The number of carbonyl (C=O) groups is 2. The molecule has 150 valence electrons. The van der Waals surface area contributed by atoms with Crippen molar-refractivity contribution >= 4 is 12.1 Å². The van der Waals surface area contributed by atoms with Gasteiger partial charge in [-0.1, -0.05) is 6.07 Å². The zero-order valence-electron chi connectivity index (χ0n) is 16.6. The molecule has 0 spiro atoms. The summed E-state index contributed by atoms with van der Waals surface area (Å²) in [5, 5.41) is 0. The number of nitrogens with zero attached hydrogens (tertiary/aromatic N) is 1. The van der Waals surface area contributed by atoms with Gasteiger partial charge in [-0.05, 0) is 45.7 Å². The summed E-state index contributed by atoms with van der Waals surface area (Å²) in [6, 6.07) is 4.53. The Morgan fingerprint density at radius 2 is 2.00 bits per heavy atom. The Balaban J connectivity index is 2.30. The second kappa shape index (κ2) is 8.59. The summed E-state index contributed by atoms with van der Waals surface area (Å²) in [4.78, 5) is 26.4. The predicted molar refractivity (Wildman–Crippen MR) is 98.2 cm³/mol. The number of methoxy groups -OCH3 is 1. The van der Waals surface area contributed by atoms with Crippen LogP contribution < -0.4 is 4.74 Å². The van der Waals surface area contributed by atoms with E-state index in [1.54, 1.807) is 39.8 Å². The lowest BCUT2D eigenvalue weighted by Crippen LogP contribution is -2.47. The Kier molecular flexibility index (Phi) is 6.68. The molecule has 1 aliphatic rings. The Hall–Kier alpha value is -2.31. The van der Waals surface area contributed by atoms with Crippen LogP contribution in [0.2, 0.25) is 0 Å². The maximum atomic E-state index is 14.7. The number of rotatable bonds is 4. The van der Waals surface area contributed by atoms with E-state index in [4.69, 9.17) is 14.2 Å². The monoisotopic (exact) mass is 381 g/mol. The highest BCUT2D eigenvalue weighted by molar-refractivity contribution is 5.75. The van der Waals surface area contributed by atoms with Gasteiger partial charge in [-0.15, -0.1) is 0 Å². The van der Waals surface area contributed by atoms with Crippen LogP contribution in [0.3, 0.4) is 0 Å². The van der Waals surface area contributed by atoms with Crippen molar-refractivity contribution in [3.8, 4) is 5.75 Å². The molecule has 0 aliphatic carbocycles. The fourth-order valence-corrected chi connectivity index (χ4v) is 3.23. The molecular weight excluding hydrogens is 353 g/mol. The van der Waals surface area contributed by atoms with E-state index in [-0.39, 0.29) is 19.1 Å². The summed E-state index contributed by atoms with van der Waals surface area (Å²) in [7, 11) is 1.46. The number of benzene rings is 1. The average Bonchev–Trinajstić information content (AvgIpc) is 2.59. The Morgan fingerprint density at radius 1 is 1.30 bits per heavy atom. The lowest BCUT2D eigenvalue weighted by Gasteiger charge is -2.38. The Labute approximate surface area is 159 Å². The zero-order chi connectivity index (χ0) is 20.2. The highest BCUT2D eigenvalue weighted by Gasteiger charge is 2.39. The molecule has 1 aliphatic heterocycles. The third-order valence-electron chi connectivity index (χ3n) is 4.46. The fraction of sp³-hybridized carbons (Fsp3) is 0.600. The van der Waals surface area contributed by atoms with Crippen LogP contribution in [0.25, 0.3) is 0 Å². The van der Waals surface area contributed by atoms with Crippen LogP contribution in [0, 0.1) is 11.7 Å². The van der Waals surface area contributed by atoms with Crippen LogP contribution in [-0.2, 0) is 14.3 Å². The smallest absolute Gasteiger partial charge is 0.410 e. The minimum Gasteiger partial charge on any atom is -0.497 e. The first-order valence-corrected chi connectivity index (χ1v) is 9.14. The SMILES string of the molecule is CCOC(=O)C1CCN(C(=O)OC(C)(C)C)CC1c1ccc(OC)cc1F. The molecule has 1 fully saturated rings. The van der Waals surface area contributed by atoms with Crippen molar-refractivity contribution in [2.45, 2.75) is 45.6 Å². The second-order valence-corrected chi connectivity index (χ2v) is 7.57. The van der Waals surface area contributed by atoms with Crippen LogP contribution in [0.5, 0.6) is 5.75 Å². The summed E-state index contributed by atoms with van der Waals surface area (Å²) in [5.41, 5.74) is -0.266. The van der Waals surface area contributed by atoms with E-state index in [1.807, 2.05) is 0 Å². The number of esters is 1. The Bertz CT molecular complexity index is 685. The molecule has 1 heterocycles. The number of amides is 1. The van der Waals surface area contributed by atoms with Crippen molar-refractivity contribution in [2.24, 2.45) is 5.92 Å². The molecule has 1 aromatic rings. The van der Waals surface area contributed by atoms with Gasteiger partial charge in [-0.2, -0.15) is 0 Å². The molecular formula is C20H28FNO5. The van der Waals surface area contributed by atoms with Crippen LogP contribution in [0.4, 0.5) is 9.18 Å². The van der Waals surface area contributed by atoms with E-state index in [1.165, 1.54) is 18.1 Å².